The SMILES string of the molecule is N#CCC1CCN(C(=O)OCc2ccccc2)CC1. The van der Waals surface area contributed by atoms with E-state index >= 15 is 0 Å². The van der Waals surface area contributed by atoms with Crippen molar-refractivity contribution in [2.45, 2.75) is 25.9 Å². The molecule has 0 saturated carbocycles. The van der Waals surface area contributed by atoms with Gasteiger partial charge in [-0.3, -0.25) is 0 Å². The number of rotatable bonds is 3. The Kier molecular flexibility index (Phi) is 4.79. The first kappa shape index (κ1) is 13.4. The van der Waals surface area contributed by atoms with Crippen molar-refractivity contribution in [1.29, 1.82) is 5.26 Å². The molecule has 1 heterocycles. The van der Waals surface area contributed by atoms with Gasteiger partial charge in [0.05, 0.1) is 6.07 Å². The van der Waals surface area contributed by atoms with E-state index in [0.29, 0.717) is 32.0 Å². The summed E-state index contributed by atoms with van der Waals surface area (Å²) in [5.41, 5.74) is 0.996. The van der Waals surface area contributed by atoms with Crippen LogP contribution in [0.3, 0.4) is 0 Å². The molecule has 0 aromatic heterocycles. The Morgan fingerprint density at radius 1 is 1.32 bits per heavy atom. The van der Waals surface area contributed by atoms with Gasteiger partial charge in [0.25, 0.3) is 0 Å². The van der Waals surface area contributed by atoms with Crippen molar-refractivity contribution >= 4 is 6.09 Å². The second-order valence-electron chi connectivity index (χ2n) is 4.83. The molecule has 0 radical (unpaired) electrons. The summed E-state index contributed by atoms with van der Waals surface area (Å²) in [5, 5.41) is 8.65. The zero-order valence-electron chi connectivity index (χ0n) is 10.9. The third kappa shape index (κ3) is 3.99. The molecule has 1 fully saturated rings. The summed E-state index contributed by atoms with van der Waals surface area (Å²) in [6.45, 7) is 1.71. The van der Waals surface area contributed by atoms with Gasteiger partial charge in [0.15, 0.2) is 0 Å². The largest absolute Gasteiger partial charge is 0.445 e. The standard InChI is InChI=1S/C15H18N2O2/c16-9-6-13-7-10-17(11-8-13)15(18)19-12-14-4-2-1-3-5-14/h1-5,13H,6-8,10-12H2. The van der Waals surface area contributed by atoms with Gasteiger partial charge in [0, 0.05) is 19.5 Å². The third-order valence-electron chi connectivity index (χ3n) is 3.46. The van der Waals surface area contributed by atoms with Gasteiger partial charge in [-0.1, -0.05) is 30.3 Å². The Labute approximate surface area is 113 Å². The Morgan fingerprint density at radius 3 is 2.63 bits per heavy atom. The number of amides is 1. The highest BCUT2D eigenvalue weighted by molar-refractivity contribution is 5.67. The number of nitrogens with zero attached hydrogens (tertiary/aromatic N) is 2. The van der Waals surface area contributed by atoms with Crippen LogP contribution in [0.5, 0.6) is 0 Å². The van der Waals surface area contributed by atoms with E-state index in [-0.39, 0.29) is 6.09 Å². The number of carbonyl (C=O) groups excluding carboxylic acids is 1. The van der Waals surface area contributed by atoms with Crippen molar-refractivity contribution in [3.05, 3.63) is 35.9 Å². The van der Waals surface area contributed by atoms with Crippen molar-refractivity contribution < 1.29 is 9.53 Å². The summed E-state index contributed by atoms with van der Waals surface area (Å²) >= 11 is 0. The zero-order valence-corrected chi connectivity index (χ0v) is 10.9. The second kappa shape index (κ2) is 6.79. The van der Waals surface area contributed by atoms with Crippen LogP contribution in [0.4, 0.5) is 4.79 Å². The van der Waals surface area contributed by atoms with Gasteiger partial charge in [0.2, 0.25) is 0 Å². The Morgan fingerprint density at radius 2 is 2.00 bits per heavy atom. The van der Waals surface area contributed by atoms with E-state index in [0.717, 1.165) is 18.4 Å². The second-order valence-corrected chi connectivity index (χ2v) is 4.83. The lowest BCUT2D eigenvalue weighted by Gasteiger charge is -2.30. The highest BCUT2D eigenvalue weighted by Crippen LogP contribution is 2.20. The van der Waals surface area contributed by atoms with Gasteiger partial charge in [-0.15, -0.1) is 0 Å². The van der Waals surface area contributed by atoms with Crippen LogP contribution in [0, 0.1) is 17.2 Å². The van der Waals surface area contributed by atoms with Gasteiger partial charge in [-0.25, -0.2) is 4.79 Å². The maximum Gasteiger partial charge on any atom is 0.410 e. The Balaban J connectivity index is 1.74. The molecule has 4 heteroatoms. The molecule has 2 rings (SSSR count). The first-order valence-electron chi connectivity index (χ1n) is 6.62. The summed E-state index contributed by atoms with van der Waals surface area (Å²) in [5.74, 6) is 0.433. The molecule has 0 atom stereocenters. The van der Waals surface area contributed by atoms with Crippen molar-refractivity contribution in [3.8, 4) is 6.07 Å². The molecule has 1 aliphatic heterocycles. The number of carbonyl (C=O) groups is 1. The lowest BCUT2D eigenvalue weighted by molar-refractivity contribution is 0.0826. The fourth-order valence-corrected chi connectivity index (χ4v) is 2.26. The fourth-order valence-electron chi connectivity index (χ4n) is 2.26. The molecule has 0 spiro atoms. The Hall–Kier alpha value is -2.02. The van der Waals surface area contributed by atoms with E-state index in [4.69, 9.17) is 10.00 Å². The summed E-state index contributed by atoms with van der Waals surface area (Å²) in [4.78, 5) is 13.6. The summed E-state index contributed by atoms with van der Waals surface area (Å²) < 4.78 is 5.28. The van der Waals surface area contributed by atoms with E-state index in [9.17, 15) is 4.79 Å². The topological polar surface area (TPSA) is 53.3 Å². The molecule has 0 unspecified atom stereocenters. The smallest absolute Gasteiger partial charge is 0.410 e. The molecule has 1 aromatic rings. The van der Waals surface area contributed by atoms with Crippen molar-refractivity contribution in [1.82, 2.24) is 4.90 Å². The van der Waals surface area contributed by atoms with Crippen LogP contribution in [-0.2, 0) is 11.3 Å². The van der Waals surface area contributed by atoms with E-state index in [2.05, 4.69) is 6.07 Å². The van der Waals surface area contributed by atoms with Crippen LogP contribution < -0.4 is 0 Å². The summed E-state index contributed by atoms with van der Waals surface area (Å²) in [7, 11) is 0. The minimum absolute atomic E-state index is 0.251. The molecule has 0 N–H and O–H groups in total. The number of benzene rings is 1. The summed E-state index contributed by atoms with van der Waals surface area (Å²) in [6.07, 6.45) is 2.13. The number of hydrogen-bond acceptors (Lipinski definition) is 3. The normalized spacial score (nSPS) is 15.8. The highest BCUT2D eigenvalue weighted by atomic mass is 16.6. The van der Waals surface area contributed by atoms with Crippen molar-refractivity contribution in [3.63, 3.8) is 0 Å². The molecule has 1 aliphatic rings. The quantitative estimate of drug-likeness (QED) is 0.837. The summed E-state index contributed by atoms with van der Waals surface area (Å²) in [6, 6.07) is 11.9. The predicted molar refractivity (Wildman–Crippen MR) is 71.2 cm³/mol. The fraction of sp³-hybridized carbons (Fsp3) is 0.467. The monoisotopic (exact) mass is 258 g/mol. The van der Waals surface area contributed by atoms with Crippen LogP contribution in [0.2, 0.25) is 0 Å². The molecule has 100 valence electrons. The van der Waals surface area contributed by atoms with Gasteiger partial charge >= 0.3 is 6.09 Å². The maximum absolute atomic E-state index is 11.9. The van der Waals surface area contributed by atoms with Crippen LogP contribution in [-0.4, -0.2) is 24.1 Å². The number of ether oxygens (including phenoxy) is 1. The first-order valence-corrected chi connectivity index (χ1v) is 6.62. The van der Waals surface area contributed by atoms with Crippen LogP contribution >= 0.6 is 0 Å². The van der Waals surface area contributed by atoms with Gasteiger partial charge in [-0.2, -0.15) is 5.26 Å². The molecule has 1 aromatic carbocycles. The Bertz CT molecular complexity index is 445. The third-order valence-corrected chi connectivity index (χ3v) is 3.46. The van der Waals surface area contributed by atoms with E-state index in [1.807, 2.05) is 30.3 Å². The molecule has 1 saturated heterocycles. The number of hydrogen-bond donors (Lipinski definition) is 0. The van der Waals surface area contributed by atoms with E-state index < -0.39 is 0 Å². The number of nitriles is 1. The molecular weight excluding hydrogens is 240 g/mol. The van der Waals surface area contributed by atoms with Crippen molar-refractivity contribution in [2.75, 3.05) is 13.1 Å². The van der Waals surface area contributed by atoms with Crippen LogP contribution in [0.15, 0.2) is 30.3 Å². The van der Waals surface area contributed by atoms with Gasteiger partial charge in [-0.05, 0) is 24.3 Å². The predicted octanol–water partition coefficient (Wildman–Crippen LogP) is 2.95. The average molecular weight is 258 g/mol. The maximum atomic E-state index is 11.9. The molecule has 4 nitrogen and oxygen atoms in total. The van der Waals surface area contributed by atoms with Crippen LogP contribution in [0.1, 0.15) is 24.8 Å². The lowest BCUT2D eigenvalue weighted by atomic mass is 9.94. The van der Waals surface area contributed by atoms with Crippen molar-refractivity contribution in [2.24, 2.45) is 5.92 Å². The molecule has 1 amide bonds. The molecule has 0 aliphatic carbocycles. The number of piperidine rings is 1. The molecule has 0 bridgehead atoms. The number of likely N-dealkylation sites (tertiary alicyclic amines) is 1. The average Bonchev–Trinajstić information content (AvgIpc) is 2.47. The molecular formula is C15H18N2O2. The molecule has 19 heavy (non-hydrogen) atoms. The highest BCUT2D eigenvalue weighted by Gasteiger charge is 2.23. The van der Waals surface area contributed by atoms with E-state index in [1.54, 1.807) is 4.90 Å². The van der Waals surface area contributed by atoms with Gasteiger partial charge in [0.1, 0.15) is 6.61 Å². The van der Waals surface area contributed by atoms with Crippen LogP contribution in [0.25, 0.3) is 0 Å². The first-order chi connectivity index (χ1) is 9.29. The zero-order chi connectivity index (χ0) is 13.5. The lowest BCUT2D eigenvalue weighted by Crippen LogP contribution is -2.38. The minimum atomic E-state index is -0.251. The van der Waals surface area contributed by atoms with E-state index in [1.165, 1.54) is 0 Å². The minimum Gasteiger partial charge on any atom is -0.445 e. The van der Waals surface area contributed by atoms with Gasteiger partial charge < -0.3 is 9.64 Å².